The summed E-state index contributed by atoms with van der Waals surface area (Å²) in [6, 6.07) is 5.79. The lowest BCUT2D eigenvalue weighted by Gasteiger charge is -1.99. The minimum Gasteiger partial charge on any atom is -0.313 e. The molecule has 1 amide bonds. The van der Waals surface area contributed by atoms with Gasteiger partial charge in [-0.15, -0.1) is 11.3 Å². The van der Waals surface area contributed by atoms with Gasteiger partial charge in [-0.3, -0.25) is 9.78 Å². The largest absolute Gasteiger partial charge is 0.313 e. The number of anilines is 1. The zero-order valence-corrected chi connectivity index (χ0v) is 12.0. The van der Waals surface area contributed by atoms with E-state index in [-0.39, 0.29) is 5.91 Å². The molecule has 4 nitrogen and oxygen atoms in total. The van der Waals surface area contributed by atoms with Crippen molar-refractivity contribution in [3.8, 4) is 6.07 Å². The first kappa shape index (κ1) is 14.0. The Morgan fingerprint density at radius 2 is 2.30 bits per heavy atom. The molecule has 0 fully saturated rings. The zero-order chi connectivity index (χ0) is 14.5. The third-order valence-electron chi connectivity index (χ3n) is 2.85. The number of pyridine rings is 1. The summed E-state index contributed by atoms with van der Waals surface area (Å²) in [5, 5.41) is 12.5. The molecule has 0 aliphatic rings. The highest BCUT2D eigenvalue weighted by atomic mass is 32.1. The fraction of sp³-hybridized carbons (Fsp3) is 0.133. The van der Waals surface area contributed by atoms with Crippen LogP contribution in [0.15, 0.2) is 30.6 Å². The molecule has 0 saturated heterocycles. The molecule has 1 N–H and O–H groups in total. The van der Waals surface area contributed by atoms with Crippen molar-refractivity contribution in [3.63, 3.8) is 0 Å². The maximum Gasteiger partial charge on any atom is 0.249 e. The van der Waals surface area contributed by atoms with E-state index in [4.69, 9.17) is 5.26 Å². The molecule has 0 unspecified atom stereocenters. The van der Waals surface area contributed by atoms with Gasteiger partial charge in [0.05, 0.1) is 5.56 Å². The van der Waals surface area contributed by atoms with Crippen LogP contribution in [0.3, 0.4) is 0 Å². The summed E-state index contributed by atoms with van der Waals surface area (Å²) < 4.78 is 0. The molecule has 2 aromatic rings. The molecular weight excluding hydrogens is 270 g/mol. The van der Waals surface area contributed by atoms with E-state index in [1.807, 2.05) is 19.9 Å². The molecule has 5 heteroatoms. The van der Waals surface area contributed by atoms with E-state index >= 15 is 0 Å². The highest BCUT2D eigenvalue weighted by Crippen LogP contribution is 2.31. The molecule has 0 aliphatic heterocycles. The van der Waals surface area contributed by atoms with Crippen molar-refractivity contribution in [1.82, 2.24) is 4.98 Å². The molecule has 2 heterocycles. The molecule has 0 bridgehead atoms. The molecule has 100 valence electrons. The van der Waals surface area contributed by atoms with Gasteiger partial charge in [0, 0.05) is 23.3 Å². The van der Waals surface area contributed by atoms with Crippen molar-refractivity contribution in [2.45, 2.75) is 13.8 Å². The predicted molar refractivity (Wildman–Crippen MR) is 80.4 cm³/mol. The summed E-state index contributed by atoms with van der Waals surface area (Å²) in [5.74, 6) is -0.258. The quantitative estimate of drug-likeness (QED) is 0.879. The Balaban J connectivity index is 2.11. The number of thiophene rings is 1. The summed E-state index contributed by atoms with van der Waals surface area (Å²) >= 11 is 1.41. The average Bonchev–Trinajstić information content (AvgIpc) is 2.72. The topological polar surface area (TPSA) is 65.8 Å². The summed E-state index contributed by atoms with van der Waals surface area (Å²) in [7, 11) is 0. The van der Waals surface area contributed by atoms with Gasteiger partial charge in [0.2, 0.25) is 5.91 Å². The van der Waals surface area contributed by atoms with Gasteiger partial charge in [-0.2, -0.15) is 5.26 Å². The van der Waals surface area contributed by atoms with Crippen molar-refractivity contribution in [1.29, 1.82) is 5.26 Å². The van der Waals surface area contributed by atoms with Crippen molar-refractivity contribution in [2.75, 3.05) is 5.32 Å². The number of nitrogens with one attached hydrogen (secondary N) is 1. The molecule has 0 radical (unpaired) electrons. The van der Waals surface area contributed by atoms with Crippen LogP contribution in [0.2, 0.25) is 0 Å². The lowest BCUT2D eigenvalue weighted by Crippen LogP contribution is -2.07. The van der Waals surface area contributed by atoms with Crippen LogP contribution >= 0.6 is 11.3 Å². The standard InChI is InChI=1S/C15H13N3OS/c1-10-11(2)20-15(13(10)8-16)18-14(19)6-5-12-4-3-7-17-9-12/h3-7,9H,1-2H3,(H,18,19). The number of aryl methyl sites for hydroxylation is 1. The van der Waals surface area contributed by atoms with Crippen LogP contribution in [0.25, 0.3) is 6.08 Å². The maximum atomic E-state index is 11.9. The number of hydrogen-bond donors (Lipinski definition) is 1. The zero-order valence-electron chi connectivity index (χ0n) is 11.2. The van der Waals surface area contributed by atoms with E-state index in [1.165, 1.54) is 17.4 Å². The molecule has 0 aliphatic carbocycles. The van der Waals surface area contributed by atoms with Gasteiger partial charge in [-0.25, -0.2) is 0 Å². The van der Waals surface area contributed by atoms with Crippen LogP contribution in [0.4, 0.5) is 5.00 Å². The van der Waals surface area contributed by atoms with Crippen molar-refractivity contribution < 1.29 is 4.79 Å². The number of carbonyl (C=O) groups excluding carboxylic acids is 1. The van der Waals surface area contributed by atoms with E-state index < -0.39 is 0 Å². The number of nitriles is 1. The fourth-order valence-corrected chi connectivity index (χ4v) is 2.66. The number of aromatic nitrogens is 1. The van der Waals surface area contributed by atoms with Crippen LogP contribution in [-0.2, 0) is 4.79 Å². The fourth-order valence-electron chi connectivity index (χ4n) is 1.65. The first-order chi connectivity index (χ1) is 9.61. The number of amides is 1. The minimum absolute atomic E-state index is 0.258. The van der Waals surface area contributed by atoms with Crippen molar-refractivity contribution >= 4 is 28.3 Å². The van der Waals surface area contributed by atoms with E-state index in [1.54, 1.807) is 24.5 Å². The van der Waals surface area contributed by atoms with Crippen LogP contribution in [0.1, 0.15) is 21.6 Å². The Kier molecular flexibility index (Phi) is 4.28. The van der Waals surface area contributed by atoms with Crippen molar-refractivity contribution in [2.24, 2.45) is 0 Å². The second-order valence-corrected chi connectivity index (χ2v) is 5.43. The van der Waals surface area contributed by atoms with Gasteiger partial charge < -0.3 is 5.32 Å². The van der Waals surface area contributed by atoms with Gasteiger partial charge >= 0.3 is 0 Å². The monoisotopic (exact) mass is 283 g/mol. The van der Waals surface area contributed by atoms with E-state index in [9.17, 15) is 4.79 Å². The summed E-state index contributed by atoms with van der Waals surface area (Å²) in [6.07, 6.45) is 6.46. The molecule has 0 aromatic carbocycles. The van der Waals surface area contributed by atoms with E-state index in [2.05, 4.69) is 16.4 Å². The maximum absolute atomic E-state index is 11.9. The second-order valence-electron chi connectivity index (χ2n) is 4.21. The Morgan fingerprint density at radius 1 is 1.50 bits per heavy atom. The Bertz CT molecular complexity index is 696. The number of rotatable bonds is 3. The molecule has 2 rings (SSSR count). The number of nitrogens with zero attached hydrogens (tertiary/aromatic N) is 2. The Hall–Kier alpha value is -2.45. The smallest absolute Gasteiger partial charge is 0.249 e. The van der Waals surface area contributed by atoms with E-state index in [0.29, 0.717) is 10.6 Å². The highest BCUT2D eigenvalue weighted by molar-refractivity contribution is 7.16. The molecule has 20 heavy (non-hydrogen) atoms. The molecule has 2 aromatic heterocycles. The molecular formula is C15H13N3OS. The number of carbonyl (C=O) groups is 1. The lowest BCUT2D eigenvalue weighted by atomic mass is 10.2. The average molecular weight is 283 g/mol. The molecule has 0 spiro atoms. The van der Waals surface area contributed by atoms with Crippen LogP contribution in [-0.4, -0.2) is 10.9 Å². The third-order valence-corrected chi connectivity index (χ3v) is 3.97. The van der Waals surface area contributed by atoms with Crippen molar-refractivity contribution in [3.05, 3.63) is 52.2 Å². The van der Waals surface area contributed by atoms with Gasteiger partial charge in [0.1, 0.15) is 11.1 Å². The van der Waals surface area contributed by atoms with Gasteiger partial charge in [0.25, 0.3) is 0 Å². The normalized spacial score (nSPS) is 10.4. The summed E-state index contributed by atoms with van der Waals surface area (Å²) in [4.78, 5) is 16.9. The Morgan fingerprint density at radius 3 is 2.95 bits per heavy atom. The SMILES string of the molecule is Cc1sc(NC(=O)C=Cc2cccnc2)c(C#N)c1C. The lowest BCUT2D eigenvalue weighted by molar-refractivity contribution is -0.111. The second kappa shape index (κ2) is 6.13. The van der Waals surface area contributed by atoms with Crippen LogP contribution in [0, 0.1) is 25.2 Å². The predicted octanol–water partition coefficient (Wildman–Crippen LogP) is 3.28. The van der Waals surface area contributed by atoms with Gasteiger partial charge in [0.15, 0.2) is 0 Å². The highest BCUT2D eigenvalue weighted by Gasteiger charge is 2.13. The van der Waals surface area contributed by atoms with Crippen LogP contribution < -0.4 is 5.32 Å². The molecule has 0 atom stereocenters. The first-order valence-electron chi connectivity index (χ1n) is 6.01. The Labute approximate surface area is 121 Å². The summed E-state index contributed by atoms with van der Waals surface area (Å²) in [5.41, 5.74) is 2.31. The summed E-state index contributed by atoms with van der Waals surface area (Å²) in [6.45, 7) is 3.81. The minimum atomic E-state index is -0.258. The van der Waals surface area contributed by atoms with Gasteiger partial charge in [-0.05, 0) is 37.1 Å². The van der Waals surface area contributed by atoms with E-state index in [0.717, 1.165) is 16.0 Å². The molecule has 0 saturated carbocycles. The third kappa shape index (κ3) is 3.11. The van der Waals surface area contributed by atoms with Gasteiger partial charge in [-0.1, -0.05) is 6.07 Å². The first-order valence-corrected chi connectivity index (χ1v) is 6.82. The van der Waals surface area contributed by atoms with Crippen LogP contribution in [0.5, 0.6) is 0 Å². The number of hydrogen-bond acceptors (Lipinski definition) is 4.